The second-order valence-corrected chi connectivity index (χ2v) is 6.90. The van der Waals surface area contributed by atoms with Crippen LogP contribution in [0.3, 0.4) is 0 Å². The molecule has 0 saturated carbocycles. The maximum Gasteiger partial charge on any atom is 0.227 e. The van der Waals surface area contributed by atoms with Crippen LogP contribution in [0.2, 0.25) is 0 Å². The molecule has 3 aromatic rings. The molecule has 152 valence electrons. The summed E-state index contributed by atoms with van der Waals surface area (Å²) < 4.78 is 10.9. The van der Waals surface area contributed by atoms with Crippen molar-refractivity contribution in [3.63, 3.8) is 0 Å². The fourth-order valence-corrected chi connectivity index (χ4v) is 2.87. The Hall–Kier alpha value is -3.28. The van der Waals surface area contributed by atoms with Gasteiger partial charge in [-0.2, -0.15) is 4.98 Å². The average molecular weight is 393 g/mol. The number of nitrogens with zero attached hydrogens (tertiary/aromatic N) is 3. The first-order valence-corrected chi connectivity index (χ1v) is 9.80. The fourth-order valence-electron chi connectivity index (χ4n) is 2.87. The Labute approximate surface area is 172 Å². The zero-order valence-electron chi connectivity index (χ0n) is 17.2. The van der Waals surface area contributed by atoms with Crippen molar-refractivity contribution in [2.24, 2.45) is 0 Å². The number of aromatic nitrogens is 2. The number of hydrogen-bond acceptors (Lipinski definition) is 6. The van der Waals surface area contributed by atoms with E-state index >= 15 is 0 Å². The first-order valence-electron chi connectivity index (χ1n) is 9.80. The van der Waals surface area contributed by atoms with Gasteiger partial charge >= 0.3 is 0 Å². The summed E-state index contributed by atoms with van der Waals surface area (Å²) in [5.74, 6) is 3.12. The molecule has 0 fully saturated rings. The highest BCUT2D eigenvalue weighted by Crippen LogP contribution is 2.18. The summed E-state index contributed by atoms with van der Waals surface area (Å²) in [6.45, 7) is 6.24. The van der Waals surface area contributed by atoms with Gasteiger partial charge in [0.15, 0.2) is 0 Å². The van der Waals surface area contributed by atoms with Crippen molar-refractivity contribution in [3.8, 4) is 11.5 Å². The maximum absolute atomic E-state index is 5.75. The summed E-state index contributed by atoms with van der Waals surface area (Å²) in [5, 5.41) is 3.31. The van der Waals surface area contributed by atoms with Gasteiger partial charge in [0.2, 0.25) is 5.95 Å². The summed E-state index contributed by atoms with van der Waals surface area (Å²) in [6, 6.07) is 20.1. The number of methoxy groups -OCH3 is 1. The molecule has 2 aromatic carbocycles. The van der Waals surface area contributed by atoms with Crippen LogP contribution < -0.4 is 19.7 Å². The van der Waals surface area contributed by atoms with Gasteiger partial charge in [-0.1, -0.05) is 30.3 Å². The van der Waals surface area contributed by atoms with Crippen LogP contribution in [0.25, 0.3) is 0 Å². The lowest BCUT2D eigenvalue weighted by molar-refractivity contribution is 0.331. The lowest BCUT2D eigenvalue weighted by atomic mass is 10.2. The van der Waals surface area contributed by atoms with Crippen LogP contribution in [0.1, 0.15) is 19.4 Å². The van der Waals surface area contributed by atoms with Crippen molar-refractivity contribution in [3.05, 3.63) is 72.4 Å². The van der Waals surface area contributed by atoms with Crippen molar-refractivity contribution in [1.29, 1.82) is 0 Å². The summed E-state index contributed by atoms with van der Waals surface area (Å²) in [7, 11) is 1.65. The molecule has 0 amide bonds. The molecule has 0 unspecified atom stereocenters. The molecule has 0 radical (unpaired) electrons. The highest BCUT2D eigenvalue weighted by atomic mass is 16.5. The van der Waals surface area contributed by atoms with Gasteiger partial charge in [-0.15, -0.1) is 0 Å². The normalized spacial score (nSPS) is 10.6. The quantitative estimate of drug-likeness (QED) is 0.517. The molecule has 0 aliphatic heterocycles. The van der Waals surface area contributed by atoms with Gasteiger partial charge in [0.1, 0.15) is 23.9 Å². The largest absolute Gasteiger partial charge is 0.497 e. The van der Waals surface area contributed by atoms with Crippen LogP contribution in [0.15, 0.2) is 66.9 Å². The van der Waals surface area contributed by atoms with E-state index in [1.165, 1.54) is 5.56 Å². The first kappa shape index (κ1) is 20.5. The topological polar surface area (TPSA) is 59.5 Å². The van der Waals surface area contributed by atoms with Gasteiger partial charge in [0.05, 0.1) is 13.7 Å². The predicted octanol–water partition coefficient (Wildman–Crippen LogP) is 4.39. The highest BCUT2D eigenvalue weighted by molar-refractivity contribution is 5.42. The Balaban J connectivity index is 1.56. The monoisotopic (exact) mass is 392 g/mol. The van der Waals surface area contributed by atoms with E-state index in [9.17, 15) is 0 Å². The summed E-state index contributed by atoms with van der Waals surface area (Å²) in [6.07, 6.45) is 1.79. The van der Waals surface area contributed by atoms with E-state index in [2.05, 4.69) is 58.3 Å². The molecule has 29 heavy (non-hydrogen) atoms. The Bertz CT molecular complexity index is 870. The van der Waals surface area contributed by atoms with Crippen LogP contribution in [0.4, 0.5) is 11.8 Å². The Morgan fingerprint density at radius 3 is 2.38 bits per heavy atom. The molecule has 1 heterocycles. The minimum absolute atomic E-state index is 0.281. The molecule has 6 nitrogen and oxygen atoms in total. The molecular formula is C23H28N4O2. The van der Waals surface area contributed by atoms with Crippen molar-refractivity contribution in [2.75, 3.05) is 30.5 Å². The third kappa shape index (κ3) is 6.10. The van der Waals surface area contributed by atoms with Gasteiger partial charge in [0.25, 0.3) is 0 Å². The molecule has 1 N–H and O–H groups in total. The summed E-state index contributed by atoms with van der Waals surface area (Å²) >= 11 is 0. The molecule has 6 heteroatoms. The molecule has 1 aromatic heterocycles. The molecule has 3 rings (SSSR count). The minimum atomic E-state index is 0.281. The number of benzene rings is 2. The smallest absolute Gasteiger partial charge is 0.227 e. The lowest BCUT2D eigenvalue weighted by Gasteiger charge is -2.27. The van der Waals surface area contributed by atoms with Gasteiger partial charge in [-0.05, 0) is 49.7 Å². The molecule has 0 bridgehead atoms. The van der Waals surface area contributed by atoms with Gasteiger partial charge in [-0.25, -0.2) is 4.98 Å². The minimum Gasteiger partial charge on any atom is -0.497 e. The number of hydrogen-bond donors (Lipinski definition) is 1. The van der Waals surface area contributed by atoms with E-state index in [4.69, 9.17) is 9.47 Å². The van der Waals surface area contributed by atoms with E-state index in [-0.39, 0.29) is 6.04 Å². The van der Waals surface area contributed by atoms with E-state index in [0.29, 0.717) is 19.1 Å². The Kier molecular flexibility index (Phi) is 7.28. The Morgan fingerprint density at radius 2 is 1.69 bits per heavy atom. The van der Waals surface area contributed by atoms with Crippen molar-refractivity contribution < 1.29 is 9.47 Å². The summed E-state index contributed by atoms with van der Waals surface area (Å²) in [5.41, 5.74) is 1.23. The fraction of sp³-hybridized carbons (Fsp3) is 0.304. The molecule has 0 saturated heterocycles. The van der Waals surface area contributed by atoms with Crippen molar-refractivity contribution >= 4 is 11.8 Å². The molecule has 0 spiro atoms. The van der Waals surface area contributed by atoms with Crippen LogP contribution in [0, 0.1) is 0 Å². The van der Waals surface area contributed by atoms with E-state index in [1.807, 2.05) is 36.4 Å². The van der Waals surface area contributed by atoms with Crippen LogP contribution in [-0.4, -0.2) is 36.3 Å². The van der Waals surface area contributed by atoms with Crippen LogP contribution >= 0.6 is 0 Å². The third-order valence-electron chi connectivity index (χ3n) is 4.46. The van der Waals surface area contributed by atoms with Crippen LogP contribution in [0.5, 0.6) is 11.5 Å². The van der Waals surface area contributed by atoms with Crippen molar-refractivity contribution in [1.82, 2.24) is 9.97 Å². The average Bonchev–Trinajstić information content (AvgIpc) is 2.76. The van der Waals surface area contributed by atoms with E-state index in [0.717, 1.165) is 23.9 Å². The van der Waals surface area contributed by atoms with Gasteiger partial charge < -0.3 is 19.7 Å². The molecular weight excluding hydrogens is 364 g/mol. The standard InChI is InChI=1S/C23H28N4O2/c1-18(2)27(17-19-7-5-4-6-8-19)23-25-14-13-22(26-23)24-15-16-29-21-11-9-20(28-3)10-12-21/h4-14,18H,15-17H2,1-3H3,(H,24,25,26). The molecule has 0 aliphatic rings. The highest BCUT2D eigenvalue weighted by Gasteiger charge is 2.14. The Morgan fingerprint density at radius 1 is 0.966 bits per heavy atom. The first-order chi connectivity index (χ1) is 14.2. The van der Waals surface area contributed by atoms with E-state index in [1.54, 1.807) is 13.3 Å². The molecule has 0 atom stereocenters. The second-order valence-electron chi connectivity index (χ2n) is 6.90. The number of anilines is 2. The zero-order valence-corrected chi connectivity index (χ0v) is 17.2. The summed E-state index contributed by atoms with van der Waals surface area (Å²) in [4.78, 5) is 11.4. The zero-order chi connectivity index (χ0) is 20.5. The molecule has 0 aliphatic carbocycles. The van der Waals surface area contributed by atoms with Crippen LogP contribution in [-0.2, 0) is 6.54 Å². The number of ether oxygens (including phenoxy) is 2. The van der Waals surface area contributed by atoms with Crippen molar-refractivity contribution in [2.45, 2.75) is 26.4 Å². The van der Waals surface area contributed by atoms with Gasteiger partial charge in [0, 0.05) is 18.8 Å². The second kappa shape index (κ2) is 10.3. The SMILES string of the molecule is COc1ccc(OCCNc2ccnc(N(Cc3ccccc3)C(C)C)n2)cc1. The lowest BCUT2D eigenvalue weighted by Crippen LogP contribution is -2.32. The van der Waals surface area contributed by atoms with Gasteiger partial charge in [-0.3, -0.25) is 0 Å². The number of nitrogens with one attached hydrogen (secondary N) is 1. The third-order valence-corrected chi connectivity index (χ3v) is 4.46. The van der Waals surface area contributed by atoms with E-state index < -0.39 is 0 Å². The number of rotatable bonds is 10. The predicted molar refractivity (Wildman–Crippen MR) is 117 cm³/mol. The maximum atomic E-state index is 5.75.